The second-order valence-electron chi connectivity index (χ2n) is 8.01. The minimum absolute atomic E-state index is 0.170. The molecule has 174 valence electrons. The maximum absolute atomic E-state index is 13.0. The Hall–Kier alpha value is -2.65. The molecule has 4 rings (SSSR count). The molecule has 0 bridgehead atoms. The summed E-state index contributed by atoms with van der Waals surface area (Å²) in [5.74, 6) is 0.315. The second kappa shape index (κ2) is 10.5. The van der Waals surface area contributed by atoms with Crippen LogP contribution >= 0.6 is 23.1 Å². The first kappa shape index (κ1) is 23.5. The SMILES string of the molecule is CCOC(=O)c1c(NC(=O)C(C)Sc2nnc(Cc3ccccc3)n2C)sc2c1CCCC2. The third-order valence-corrected chi connectivity index (χ3v) is 8.01. The van der Waals surface area contributed by atoms with E-state index >= 15 is 0 Å². The van der Waals surface area contributed by atoms with Gasteiger partial charge >= 0.3 is 5.97 Å². The molecular weight excluding hydrogens is 456 g/mol. The molecule has 1 unspecified atom stereocenters. The third-order valence-electron chi connectivity index (χ3n) is 5.67. The van der Waals surface area contributed by atoms with Crippen LogP contribution in [0.1, 0.15) is 58.9 Å². The number of thioether (sulfide) groups is 1. The van der Waals surface area contributed by atoms with Crippen molar-refractivity contribution in [3.05, 3.63) is 57.7 Å². The zero-order valence-corrected chi connectivity index (χ0v) is 20.7. The van der Waals surface area contributed by atoms with E-state index in [1.54, 1.807) is 6.92 Å². The summed E-state index contributed by atoms with van der Waals surface area (Å²) in [7, 11) is 1.91. The Balaban J connectivity index is 1.46. The quantitative estimate of drug-likeness (QED) is 0.370. The van der Waals surface area contributed by atoms with Gasteiger partial charge in [0.15, 0.2) is 5.16 Å². The van der Waals surface area contributed by atoms with Crippen LogP contribution < -0.4 is 5.32 Å². The maximum atomic E-state index is 13.0. The number of aryl methyl sites for hydroxylation is 1. The van der Waals surface area contributed by atoms with Crippen molar-refractivity contribution in [1.29, 1.82) is 0 Å². The summed E-state index contributed by atoms with van der Waals surface area (Å²) in [6.07, 6.45) is 4.62. The third kappa shape index (κ3) is 5.30. The monoisotopic (exact) mass is 484 g/mol. The first-order valence-electron chi connectivity index (χ1n) is 11.2. The normalized spacial score (nSPS) is 13.9. The van der Waals surface area contributed by atoms with Crippen LogP contribution in [0, 0.1) is 0 Å². The molecule has 1 aliphatic rings. The molecule has 1 aromatic carbocycles. The van der Waals surface area contributed by atoms with Crippen molar-refractivity contribution < 1.29 is 14.3 Å². The molecule has 33 heavy (non-hydrogen) atoms. The summed E-state index contributed by atoms with van der Waals surface area (Å²) in [4.78, 5) is 26.9. The molecule has 0 saturated carbocycles. The summed E-state index contributed by atoms with van der Waals surface area (Å²) in [6, 6.07) is 10.1. The van der Waals surface area contributed by atoms with Crippen LogP contribution in [0.15, 0.2) is 35.5 Å². The number of esters is 1. The van der Waals surface area contributed by atoms with E-state index in [9.17, 15) is 9.59 Å². The molecule has 2 heterocycles. The lowest BCUT2D eigenvalue weighted by Crippen LogP contribution is -2.23. The summed E-state index contributed by atoms with van der Waals surface area (Å²) < 4.78 is 7.21. The highest BCUT2D eigenvalue weighted by atomic mass is 32.2. The van der Waals surface area contributed by atoms with Gasteiger partial charge in [-0.05, 0) is 50.7 Å². The van der Waals surface area contributed by atoms with E-state index in [4.69, 9.17) is 4.74 Å². The molecule has 1 aliphatic carbocycles. The molecule has 7 nitrogen and oxygen atoms in total. The number of benzene rings is 1. The minimum Gasteiger partial charge on any atom is -0.462 e. The van der Waals surface area contributed by atoms with E-state index in [-0.39, 0.29) is 11.9 Å². The van der Waals surface area contributed by atoms with Gasteiger partial charge in [-0.2, -0.15) is 0 Å². The van der Waals surface area contributed by atoms with Crippen molar-refractivity contribution in [2.75, 3.05) is 11.9 Å². The van der Waals surface area contributed by atoms with Crippen LogP contribution in [0.5, 0.6) is 0 Å². The molecule has 1 atom stereocenters. The highest BCUT2D eigenvalue weighted by Gasteiger charge is 2.28. The van der Waals surface area contributed by atoms with Crippen molar-refractivity contribution in [1.82, 2.24) is 14.8 Å². The average Bonchev–Trinajstić information content (AvgIpc) is 3.34. The van der Waals surface area contributed by atoms with Crippen LogP contribution in [0.25, 0.3) is 0 Å². The number of anilines is 1. The van der Waals surface area contributed by atoms with Crippen molar-refractivity contribution >= 4 is 40.0 Å². The number of hydrogen-bond donors (Lipinski definition) is 1. The van der Waals surface area contributed by atoms with Crippen molar-refractivity contribution in [2.24, 2.45) is 7.05 Å². The van der Waals surface area contributed by atoms with Gasteiger partial charge in [-0.1, -0.05) is 42.1 Å². The van der Waals surface area contributed by atoms with Gasteiger partial charge in [0.2, 0.25) is 5.91 Å². The van der Waals surface area contributed by atoms with Gasteiger partial charge in [-0.15, -0.1) is 21.5 Å². The Bertz CT molecular complexity index is 1140. The molecule has 0 spiro atoms. The highest BCUT2D eigenvalue weighted by molar-refractivity contribution is 8.00. The summed E-state index contributed by atoms with van der Waals surface area (Å²) in [6.45, 7) is 3.93. The first-order valence-corrected chi connectivity index (χ1v) is 12.9. The predicted molar refractivity (Wildman–Crippen MR) is 131 cm³/mol. The lowest BCUT2D eigenvalue weighted by molar-refractivity contribution is -0.115. The van der Waals surface area contributed by atoms with Crippen LogP contribution in [0.2, 0.25) is 0 Å². The van der Waals surface area contributed by atoms with Crippen LogP contribution in [0.4, 0.5) is 5.00 Å². The Morgan fingerprint density at radius 2 is 1.97 bits per heavy atom. The standard InChI is InChI=1S/C24H28N4O3S2/c1-4-31-23(30)20-17-12-8-9-13-18(17)33-22(20)25-21(29)15(2)32-24-27-26-19(28(24)3)14-16-10-6-5-7-11-16/h5-7,10-11,15H,4,8-9,12-14H2,1-3H3,(H,25,29). The van der Waals surface area contributed by atoms with E-state index < -0.39 is 5.25 Å². The van der Waals surface area contributed by atoms with Gasteiger partial charge < -0.3 is 14.6 Å². The minimum atomic E-state index is -0.411. The van der Waals surface area contributed by atoms with Gasteiger partial charge in [0, 0.05) is 18.3 Å². The van der Waals surface area contributed by atoms with Crippen molar-refractivity contribution in [2.45, 2.75) is 56.4 Å². The Morgan fingerprint density at radius 1 is 1.21 bits per heavy atom. The Labute approximate surface area is 201 Å². The molecule has 3 aromatic rings. The zero-order valence-electron chi connectivity index (χ0n) is 19.1. The van der Waals surface area contributed by atoms with Gasteiger partial charge in [-0.25, -0.2) is 4.79 Å². The largest absolute Gasteiger partial charge is 0.462 e. The number of ether oxygens (including phenoxy) is 1. The number of hydrogen-bond acceptors (Lipinski definition) is 7. The number of thiophene rings is 1. The maximum Gasteiger partial charge on any atom is 0.341 e. The molecule has 0 fully saturated rings. The topological polar surface area (TPSA) is 86.1 Å². The number of nitrogens with zero attached hydrogens (tertiary/aromatic N) is 3. The number of aromatic nitrogens is 3. The molecule has 9 heteroatoms. The molecule has 1 amide bonds. The zero-order chi connectivity index (χ0) is 23.4. The molecule has 0 saturated heterocycles. The molecule has 0 aliphatic heterocycles. The number of nitrogens with one attached hydrogen (secondary N) is 1. The fraction of sp³-hybridized carbons (Fsp3) is 0.417. The Kier molecular flexibility index (Phi) is 7.49. The van der Waals surface area contributed by atoms with Crippen LogP contribution in [-0.2, 0) is 35.8 Å². The number of rotatable bonds is 8. The van der Waals surface area contributed by atoms with Gasteiger partial charge in [0.05, 0.1) is 17.4 Å². The molecule has 1 N–H and O–H groups in total. The first-order chi connectivity index (χ1) is 16.0. The lowest BCUT2D eigenvalue weighted by Gasteiger charge is -2.13. The summed E-state index contributed by atoms with van der Waals surface area (Å²) >= 11 is 2.86. The fourth-order valence-corrected chi connectivity index (χ4v) is 5.99. The van der Waals surface area contributed by atoms with Crippen molar-refractivity contribution in [3.8, 4) is 0 Å². The number of fused-ring (bicyclic) bond motifs is 1. The lowest BCUT2D eigenvalue weighted by atomic mass is 9.95. The van der Waals surface area contributed by atoms with Gasteiger partial charge in [0.25, 0.3) is 0 Å². The second-order valence-corrected chi connectivity index (χ2v) is 10.4. The van der Waals surface area contributed by atoms with Crippen LogP contribution in [-0.4, -0.2) is 38.5 Å². The van der Waals surface area contributed by atoms with Crippen molar-refractivity contribution in [3.63, 3.8) is 0 Å². The van der Waals surface area contributed by atoms with E-state index in [0.29, 0.717) is 28.7 Å². The summed E-state index contributed by atoms with van der Waals surface area (Å²) in [5, 5.41) is 12.5. The smallest absolute Gasteiger partial charge is 0.341 e. The van der Waals surface area contributed by atoms with Gasteiger partial charge in [-0.3, -0.25) is 4.79 Å². The summed E-state index contributed by atoms with van der Waals surface area (Å²) in [5.41, 5.74) is 2.73. The number of carbonyl (C=O) groups excluding carboxylic acids is 2. The molecular formula is C24H28N4O3S2. The van der Waals surface area contributed by atoms with E-state index in [0.717, 1.165) is 42.6 Å². The predicted octanol–water partition coefficient (Wildman–Crippen LogP) is 4.64. The highest BCUT2D eigenvalue weighted by Crippen LogP contribution is 2.39. The van der Waals surface area contributed by atoms with E-state index in [2.05, 4.69) is 27.6 Å². The van der Waals surface area contributed by atoms with Gasteiger partial charge in [0.1, 0.15) is 10.8 Å². The average molecular weight is 485 g/mol. The molecule has 0 radical (unpaired) electrons. The number of amides is 1. The van der Waals surface area contributed by atoms with E-state index in [1.807, 2.05) is 36.7 Å². The number of carbonyl (C=O) groups is 2. The van der Waals surface area contributed by atoms with Crippen LogP contribution in [0.3, 0.4) is 0 Å². The fourth-order valence-electron chi connectivity index (χ4n) is 3.88. The van der Waals surface area contributed by atoms with E-state index in [1.165, 1.54) is 28.0 Å². The molecule has 2 aromatic heterocycles. The Morgan fingerprint density at radius 3 is 2.73 bits per heavy atom.